The summed E-state index contributed by atoms with van der Waals surface area (Å²) in [5.41, 5.74) is -4.82. The number of fused-ring (bicyclic) bond motifs is 3. The number of likely N-dealkylation sites (N-methyl/N-ethyl adjacent to an activating group) is 1. The number of urea groups is 1. The van der Waals surface area contributed by atoms with Crippen molar-refractivity contribution in [2.24, 2.45) is 0 Å². The van der Waals surface area contributed by atoms with Crippen molar-refractivity contribution in [3.05, 3.63) is 40.9 Å². The minimum absolute atomic E-state index is 0.0360. The second kappa shape index (κ2) is 8.34. The molecule has 198 valence electrons. The third kappa shape index (κ3) is 4.39. The molecule has 0 aromatic carbocycles. The number of hydrogen-bond acceptors (Lipinski definition) is 6. The van der Waals surface area contributed by atoms with Crippen LogP contribution in [0.2, 0.25) is 5.15 Å². The summed E-state index contributed by atoms with van der Waals surface area (Å²) < 4.78 is 89.5. The third-order valence-electron chi connectivity index (χ3n) is 6.25. The maximum absolute atomic E-state index is 14.2. The number of carbonyl (C=O) groups excluding carboxylic acids is 1. The Bertz CT molecular complexity index is 1390. The molecule has 9 nitrogen and oxygen atoms in total. The lowest BCUT2D eigenvalue weighted by atomic mass is 9.88. The fraction of sp³-hybridized carbons (Fsp3) is 0.429. The highest BCUT2D eigenvalue weighted by atomic mass is 35.5. The number of carbonyl (C=O) groups is 1. The lowest BCUT2D eigenvalue weighted by Gasteiger charge is -2.35. The summed E-state index contributed by atoms with van der Waals surface area (Å²) in [5.74, 6) is -0.375. The van der Waals surface area contributed by atoms with E-state index in [-0.39, 0.29) is 33.7 Å². The predicted molar refractivity (Wildman–Crippen MR) is 119 cm³/mol. The van der Waals surface area contributed by atoms with E-state index >= 15 is 0 Å². The number of rotatable bonds is 3. The molecule has 2 aliphatic heterocycles. The van der Waals surface area contributed by atoms with E-state index in [1.54, 1.807) is 7.05 Å². The van der Waals surface area contributed by atoms with Crippen LogP contribution in [0.4, 0.5) is 42.5 Å². The van der Waals surface area contributed by atoms with Gasteiger partial charge in [0.05, 0.1) is 17.6 Å². The van der Waals surface area contributed by atoms with E-state index in [0.717, 1.165) is 28.6 Å². The average Bonchev–Trinajstić information content (AvgIpc) is 3.29. The Labute approximate surface area is 210 Å². The number of halogens is 7. The standard InChI is InChI=1S/C21H18ClF6N7O2/c1-19(21(26,27)28)9-34(12-6-29-15-5-14(22)32-35(15)17(12)19)18(36)30-10-3-13(20(23,24)25)31-16(4-10)37-11-7-33(2)8-11/h3-6,11H,7-9H2,1-2H3,(H,30,31,36)/t19-/m1/s1. The largest absolute Gasteiger partial charge is 0.472 e. The van der Waals surface area contributed by atoms with Crippen molar-refractivity contribution in [3.63, 3.8) is 0 Å². The molecule has 0 spiro atoms. The van der Waals surface area contributed by atoms with E-state index in [1.165, 1.54) is 6.07 Å². The van der Waals surface area contributed by atoms with Gasteiger partial charge in [0, 0.05) is 37.5 Å². The Hall–Kier alpha value is -3.33. The van der Waals surface area contributed by atoms with Crippen molar-refractivity contribution in [2.45, 2.75) is 30.8 Å². The number of aromatic nitrogens is 4. The molecule has 5 rings (SSSR count). The van der Waals surface area contributed by atoms with Crippen LogP contribution < -0.4 is 15.0 Å². The highest BCUT2D eigenvalue weighted by Crippen LogP contribution is 2.50. The average molecular weight is 550 g/mol. The van der Waals surface area contributed by atoms with Crippen LogP contribution in [0.3, 0.4) is 0 Å². The maximum atomic E-state index is 14.2. The second-order valence-corrected chi connectivity index (χ2v) is 9.50. The summed E-state index contributed by atoms with van der Waals surface area (Å²) in [6.07, 6.45) is -9.01. The predicted octanol–water partition coefficient (Wildman–Crippen LogP) is 4.36. The molecule has 37 heavy (non-hydrogen) atoms. The summed E-state index contributed by atoms with van der Waals surface area (Å²) >= 11 is 5.87. The van der Waals surface area contributed by atoms with Crippen LogP contribution in [0.5, 0.6) is 5.88 Å². The van der Waals surface area contributed by atoms with Gasteiger partial charge in [0.25, 0.3) is 0 Å². The normalized spacial score (nSPS) is 20.7. The van der Waals surface area contributed by atoms with Crippen molar-refractivity contribution >= 4 is 34.7 Å². The lowest BCUT2D eigenvalue weighted by Crippen LogP contribution is -2.51. The van der Waals surface area contributed by atoms with Crippen LogP contribution in [-0.4, -0.2) is 69.5 Å². The van der Waals surface area contributed by atoms with Crippen molar-refractivity contribution in [1.29, 1.82) is 0 Å². The molecule has 3 aromatic heterocycles. The third-order valence-corrected chi connectivity index (χ3v) is 6.44. The molecule has 16 heteroatoms. The Balaban J connectivity index is 1.50. The molecule has 0 aliphatic carbocycles. The Morgan fingerprint density at radius 3 is 2.51 bits per heavy atom. The topological polar surface area (TPSA) is 87.9 Å². The Kier molecular flexibility index (Phi) is 5.71. The Morgan fingerprint density at radius 1 is 1.19 bits per heavy atom. The van der Waals surface area contributed by atoms with E-state index in [0.29, 0.717) is 19.2 Å². The molecule has 0 radical (unpaired) electrons. The van der Waals surface area contributed by atoms with Gasteiger partial charge in [-0.15, -0.1) is 0 Å². The van der Waals surface area contributed by atoms with Crippen molar-refractivity contribution in [2.75, 3.05) is 36.9 Å². The molecule has 1 atom stereocenters. The van der Waals surface area contributed by atoms with Crippen LogP contribution in [0, 0.1) is 0 Å². The summed E-state index contributed by atoms with van der Waals surface area (Å²) in [5, 5.41) is 6.02. The Morgan fingerprint density at radius 2 is 1.89 bits per heavy atom. The van der Waals surface area contributed by atoms with Crippen LogP contribution in [0.1, 0.15) is 18.3 Å². The van der Waals surface area contributed by atoms with Gasteiger partial charge in [-0.1, -0.05) is 11.6 Å². The van der Waals surface area contributed by atoms with Gasteiger partial charge < -0.3 is 10.1 Å². The summed E-state index contributed by atoms with van der Waals surface area (Å²) in [6, 6.07) is 1.81. The molecule has 1 N–H and O–H groups in total. The fourth-order valence-electron chi connectivity index (χ4n) is 4.35. The van der Waals surface area contributed by atoms with Crippen LogP contribution in [0.25, 0.3) is 5.65 Å². The SMILES string of the molecule is CN1CC(Oc2cc(NC(=O)N3C[C@@](C)(C(F)(F)F)c4c3cnc3cc(Cl)nn43)cc(C(F)(F)F)n2)C1. The second-order valence-electron chi connectivity index (χ2n) is 9.11. The number of anilines is 2. The van der Waals surface area contributed by atoms with E-state index in [1.807, 2.05) is 4.90 Å². The summed E-state index contributed by atoms with van der Waals surface area (Å²) in [7, 11) is 1.80. The van der Waals surface area contributed by atoms with Gasteiger partial charge in [0.1, 0.15) is 11.5 Å². The molecule has 2 amide bonds. The zero-order chi connectivity index (χ0) is 26.9. The lowest BCUT2D eigenvalue weighted by molar-refractivity contribution is -0.181. The van der Waals surface area contributed by atoms with Gasteiger partial charge in [0.2, 0.25) is 5.88 Å². The van der Waals surface area contributed by atoms with Gasteiger partial charge >= 0.3 is 18.4 Å². The molecule has 0 saturated carbocycles. The van der Waals surface area contributed by atoms with E-state index in [4.69, 9.17) is 16.3 Å². The summed E-state index contributed by atoms with van der Waals surface area (Å²) in [6.45, 7) is 0.965. The van der Waals surface area contributed by atoms with Gasteiger partial charge in [-0.3, -0.25) is 9.80 Å². The highest BCUT2D eigenvalue weighted by Gasteiger charge is 2.60. The highest BCUT2D eigenvalue weighted by molar-refractivity contribution is 6.29. The van der Waals surface area contributed by atoms with E-state index < -0.39 is 42.1 Å². The molecule has 0 unspecified atom stereocenters. The maximum Gasteiger partial charge on any atom is 0.433 e. The van der Waals surface area contributed by atoms with Crippen LogP contribution in [0.15, 0.2) is 24.4 Å². The number of likely N-dealkylation sites (tertiary alicyclic amines) is 1. The first-order chi connectivity index (χ1) is 17.2. The number of alkyl halides is 6. The van der Waals surface area contributed by atoms with Crippen LogP contribution >= 0.6 is 11.6 Å². The number of ether oxygens (including phenoxy) is 1. The zero-order valence-corrected chi connectivity index (χ0v) is 19.9. The van der Waals surface area contributed by atoms with Gasteiger partial charge in [-0.2, -0.15) is 31.4 Å². The smallest absolute Gasteiger partial charge is 0.433 e. The molecule has 0 bridgehead atoms. The van der Waals surface area contributed by atoms with E-state index in [9.17, 15) is 31.1 Å². The van der Waals surface area contributed by atoms with E-state index in [2.05, 4.69) is 20.4 Å². The molecular weight excluding hydrogens is 532 g/mol. The zero-order valence-electron chi connectivity index (χ0n) is 19.2. The van der Waals surface area contributed by atoms with Gasteiger partial charge in [-0.25, -0.2) is 19.3 Å². The quantitative estimate of drug-likeness (QED) is 0.489. The molecule has 1 fully saturated rings. The first-order valence-corrected chi connectivity index (χ1v) is 11.2. The van der Waals surface area contributed by atoms with Crippen molar-refractivity contribution < 1.29 is 35.9 Å². The first-order valence-electron chi connectivity index (χ1n) is 10.8. The first kappa shape index (κ1) is 25.3. The summed E-state index contributed by atoms with van der Waals surface area (Å²) in [4.78, 5) is 23.3. The molecule has 3 aromatic rings. The molecule has 1 saturated heterocycles. The minimum Gasteiger partial charge on any atom is -0.472 e. The van der Waals surface area contributed by atoms with Gasteiger partial charge in [0.15, 0.2) is 16.5 Å². The van der Waals surface area contributed by atoms with Gasteiger partial charge in [-0.05, 0) is 20.0 Å². The fourth-order valence-corrected chi connectivity index (χ4v) is 4.53. The molecular formula is C21H18ClF6N7O2. The number of hydrogen-bond donors (Lipinski definition) is 1. The monoisotopic (exact) mass is 549 g/mol. The molecule has 2 aliphatic rings. The van der Waals surface area contributed by atoms with Crippen molar-refractivity contribution in [3.8, 4) is 5.88 Å². The molecule has 5 heterocycles. The van der Waals surface area contributed by atoms with Crippen LogP contribution in [-0.2, 0) is 11.6 Å². The number of nitrogens with one attached hydrogen (secondary N) is 1. The van der Waals surface area contributed by atoms with Crippen molar-refractivity contribution in [1.82, 2.24) is 24.5 Å². The number of pyridine rings is 1. The minimum atomic E-state index is -4.86. The number of amides is 2. The number of nitrogens with zero attached hydrogens (tertiary/aromatic N) is 6.